The fourth-order valence-electron chi connectivity index (χ4n) is 3.82. The molecule has 4 aromatic rings. The van der Waals surface area contributed by atoms with E-state index < -0.39 is 0 Å². The van der Waals surface area contributed by atoms with Gasteiger partial charge in [0.25, 0.3) is 11.8 Å². The van der Waals surface area contributed by atoms with Gasteiger partial charge in [-0.25, -0.2) is 0 Å². The van der Waals surface area contributed by atoms with Crippen molar-refractivity contribution in [3.05, 3.63) is 142 Å². The zero-order valence-electron chi connectivity index (χ0n) is 21.2. The molecule has 0 aliphatic carbocycles. The van der Waals surface area contributed by atoms with Crippen LogP contribution in [0.4, 0.5) is 0 Å². The molecule has 2 N–H and O–H groups in total. The van der Waals surface area contributed by atoms with Crippen molar-refractivity contribution in [2.75, 3.05) is 0 Å². The largest absolute Gasteiger partial charge is 0.372 e. The highest BCUT2D eigenvalue weighted by Crippen LogP contribution is 2.11. The van der Waals surface area contributed by atoms with E-state index in [-0.39, 0.29) is 11.8 Å². The summed E-state index contributed by atoms with van der Waals surface area (Å²) < 4.78 is 5.85. The minimum atomic E-state index is -0.224. The molecular weight excluding hydrogens is 488 g/mol. The number of amides is 2. The van der Waals surface area contributed by atoms with Gasteiger partial charge in [-0.05, 0) is 58.7 Å². The van der Waals surface area contributed by atoms with Crippen molar-refractivity contribution >= 4 is 11.8 Å². The van der Waals surface area contributed by atoms with Gasteiger partial charge in [0.05, 0.1) is 36.5 Å². The van der Waals surface area contributed by atoms with Gasteiger partial charge < -0.3 is 15.4 Å². The molecular formula is C32H26N4O3. The maximum atomic E-state index is 12.3. The van der Waals surface area contributed by atoms with Crippen molar-refractivity contribution in [2.45, 2.75) is 26.3 Å². The highest BCUT2D eigenvalue weighted by atomic mass is 16.5. The first-order chi connectivity index (χ1) is 19.0. The van der Waals surface area contributed by atoms with Gasteiger partial charge in [-0.1, -0.05) is 60.7 Å². The molecule has 7 heteroatoms. The van der Waals surface area contributed by atoms with Crippen LogP contribution >= 0.6 is 0 Å². The van der Waals surface area contributed by atoms with E-state index in [2.05, 4.69) is 10.6 Å². The predicted octanol–water partition coefficient (Wildman–Crippen LogP) is 5.01. The Morgan fingerprint density at radius 1 is 0.590 bits per heavy atom. The van der Waals surface area contributed by atoms with E-state index in [1.54, 1.807) is 48.5 Å². The molecule has 0 heterocycles. The number of carbonyl (C=O) groups is 2. The number of carbonyl (C=O) groups excluding carboxylic acids is 2. The SMILES string of the molecule is N#Cc1cccc(C(=O)NCc2ccc(COCc3ccc(CNC(=O)c4cccc(C#N)c4)cc3)cc2)c1. The lowest BCUT2D eigenvalue weighted by molar-refractivity contribution is 0.0943. The molecule has 0 aliphatic rings. The monoisotopic (exact) mass is 514 g/mol. The summed E-state index contributed by atoms with van der Waals surface area (Å²) in [6, 6.07) is 32.9. The summed E-state index contributed by atoms with van der Waals surface area (Å²) in [4.78, 5) is 24.7. The van der Waals surface area contributed by atoms with E-state index in [0.717, 1.165) is 22.3 Å². The quantitative estimate of drug-likeness (QED) is 0.309. The summed E-state index contributed by atoms with van der Waals surface area (Å²) in [6.45, 7) is 1.67. The minimum absolute atomic E-state index is 0.224. The van der Waals surface area contributed by atoms with Gasteiger partial charge in [-0.15, -0.1) is 0 Å². The summed E-state index contributed by atoms with van der Waals surface area (Å²) in [6.07, 6.45) is 0. The third kappa shape index (κ3) is 7.87. The standard InChI is InChI=1S/C32H26N4O3/c33-17-27-3-1-5-29(15-27)31(37)35-19-23-7-11-25(12-8-23)21-39-22-26-13-9-24(10-14-26)20-36-32(38)30-6-2-4-28(16-30)18-34/h1-16H,19-22H2,(H,35,37)(H,36,38). The minimum Gasteiger partial charge on any atom is -0.372 e. The van der Waals surface area contributed by atoms with Crippen molar-refractivity contribution in [2.24, 2.45) is 0 Å². The van der Waals surface area contributed by atoms with E-state index in [1.165, 1.54) is 0 Å². The van der Waals surface area contributed by atoms with E-state index in [9.17, 15) is 9.59 Å². The highest BCUT2D eigenvalue weighted by molar-refractivity contribution is 5.95. The maximum absolute atomic E-state index is 12.3. The number of hydrogen-bond donors (Lipinski definition) is 2. The van der Waals surface area contributed by atoms with Crippen LogP contribution in [0.1, 0.15) is 54.1 Å². The first-order valence-electron chi connectivity index (χ1n) is 12.3. The van der Waals surface area contributed by atoms with Crippen LogP contribution in [0.5, 0.6) is 0 Å². The van der Waals surface area contributed by atoms with Crippen molar-refractivity contribution < 1.29 is 14.3 Å². The van der Waals surface area contributed by atoms with Crippen LogP contribution in [-0.2, 0) is 31.0 Å². The van der Waals surface area contributed by atoms with Crippen molar-refractivity contribution in [3.8, 4) is 12.1 Å². The van der Waals surface area contributed by atoms with Crippen LogP contribution in [0.15, 0.2) is 97.1 Å². The number of nitrogens with one attached hydrogen (secondary N) is 2. The van der Waals surface area contributed by atoms with Crippen LogP contribution in [0.2, 0.25) is 0 Å². The van der Waals surface area contributed by atoms with Gasteiger partial charge in [0.15, 0.2) is 0 Å². The molecule has 0 saturated heterocycles. The Bertz CT molecular complexity index is 1410. The van der Waals surface area contributed by atoms with Crippen molar-refractivity contribution in [3.63, 3.8) is 0 Å². The zero-order valence-corrected chi connectivity index (χ0v) is 21.2. The van der Waals surface area contributed by atoms with Gasteiger partial charge in [-0.3, -0.25) is 9.59 Å². The second-order valence-corrected chi connectivity index (χ2v) is 8.88. The van der Waals surface area contributed by atoms with Gasteiger partial charge in [-0.2, -0.15) is 10.5 Å². The number of hydrogen-bond acceptors (Lipinski definition) is 5. The van der Waals surface area contributed by atoms with Crippen LogP contribution in [0.25, 0.3) is 0 Å². The molecule has 2 amide bonds. The predicted molar refractivity (Wildman–Crippen MR) is 146 cm³/mol. The smallest absolute Gasteiger partial charge is 0.251 e. The Kier molecular flexibility index (Phi) is 9.18. The number of nitrogens with zero attached hydrogens (tertiary/aromatic N) is 2. The third-order valence-electron chi connectivity index (χ3n) is 6.00. The third-order valence-corrected chi connectivity index (χ3v) is 6.00. The lowest BCUT2D eigenvalue weighted by Gasteiger charge is -2.09. The van der Waals surface area contributed by atoms with Gasteiger partial charge >= 0.3 is 0 Å². The van der Waals surface area contributed by atoms with Crippen LogP contribution in [0.3, 0.4) is 0 Å². The molecule has 4 aromatic carbocycles. The van der Waals surface area contributed by atoms with Crippen LogP contribution in [0, 0.1) is 22.7 Å². The summed E-state index contributed by atoms with van der Waals surface area (Å²) in [5, 5.41) is 23.7. The van der Waals surface area contributed by atoms with E-state index in [1.807, 2.05) is 60.7 Å². The molecule has 4 rings (SSSR count). The lowest BCUT2D eigenvalue weighted by Crippen LogP contribution is -2.22. The Morgan fingerprint density at radius 2 is 0.974 bits per heavy atom. The molecule has 0 radical (unpaired) electrons. The molecule has 0 aromatic heterocycles. The summed E-state index contributed by atoms with van der Waals surface area (Å²) in [5.41, 5.74) is 5.78. The maximum Gasteiger partial charge on any atom is 0.251 e. The number of nitriles is 2. The highest BCUT2D eigenvalue weighted by Gasteiger charge is 2.07. The Balaban J connectivity index is 1.18. The van der Waals surface area contributed by atoms with Crippen molar-refractivity contribution in [1.29, 1.82) is 10.5 Å². The van der Waals surface area contributed by atoms with E-state index in [4.69, 9.17) is 15.3 Å². The molecule has 0 bridgehead atoms. The topological polar surface area (TPSA) is 115 Å². The molecule has 0 unspecified atom stereocenters. The first-order valence-corrected chi connectivity index (χ1v) is 12.3. The Labute approximate surface area is 227 Å². The second kappa shape index (κ2) is 13.3. The summed E-state index contributed by atoms with van der Waals surface area (Å²) in [7, 11) is 0. The molecule has 0 aliphatic heterocycles. The summed E-state index contributed by atoms with van der Waals surface area (Å²) >= 11 is 0. The lowest BCUT2D eigenvalue weighted by atomic mass is 10.1. The van der Waals surface area contributed by atoms with Gasteiger partial charge in [0.2, 0.25) is 0 Å². The molecule has 7 nitrogen and oxygen atoms in total. The van der Waals surface area contributed by atoms with Gasteiger partial charge in [0, 0.05) is 24.2 Å². The molecule has 0 fully saturated rings. The van der Waals surface area contributed by atoms with Gasteiger partial charge in [0.1, 0.15) is 0 Å². The Hall–Kier alpha value is -5.24. The van der Waals surface area contributed by atoms with E-state index >= 15 is 0 Å². The molecule has 0 atom stereocenters. The number of ether oxygens (including phenoxy) is 1. The normalized spacial score (nSPS) is 10.2. The molecule has 192 valence electrons. The number of rotatable bonds is 10. The summed E-state index contributed by atoms with van der Waals surface area (Å²) in [5.74, 6) is -0.448. The average molecular weight is 515 g/mol. The molecule has 39 heavy (non-hydrogen) atoms. The second-order valence-electron chi connectivity index (χ2n) is 8.88. The number of benzene rings is 4. The fraction of sp³-hybridized carbons (Fsp3) is 0.125. The molecule has 0 spiro atoms. The van der Waals surface area contributed by atoms with Crippen molar-refractivity contribution in [1.82, 2.24) is 10.6 Å². The first kappa shape index (κ1) is 26.8. The fourth-order valence-corrected chi connectivity index (χ4v) is 3.82. The van der Waals surface area contributed by atoms with Crippen LogP contribution < -0.4 is 10.6 Å². The van der Waals surface area contributed by atoms with Crippen LogP contribution in [-0.4, -0.2) is 11.8 Å². The van der Waals surface area contributed by atoms with E-state index in [0.29, 0.717) is 48.6 Å². The Morgan fingerprint density at radius 3 is 1.36 bits per heavy atom. The average Bonchev–Trinajstić information content (AvgIpc) is 3.00. The molecule has 0 saturated carbocycles. The zero-order chi connectivity index (χ0) is 27.5.